The molecule has 0 bridgehead atoms. The van der Waals surface area contributed by atoms with Gasteiger partial charge < -0.3 is 9.08 Å². The molecule has 5 nitrogen and oxygen atoms in total. The Labute approximate surface area is 199 Å². The van der Waals surface area contributed by atoms with Crippen molar-refractivity contribution in [2.75, 3.05) is 6.54 Å². The van der Waals surface area contributed by atoms with Gasteiger partial charge in [0.05, 0.1) is 5.56 Å². The minimum Gasteiger partial charge on any atom is -0.379 e. The molecule has 1 amide bonds. The highest BCUT2D eigenvalue weighted by Crippen LogP contribution is 2.31. The highest BCUT2D eigenvalue weighted by Gasteiger charge is 2.32. The first-order chi connectivity index (χ1) is 16.0. The van der Waals surface area contributed by atoms with Crippen LogP contribution in [0.25, 0.3) is 0 Å². The predicted molar refractivity (Wildman–Crippen MR) is 123 cm³/mol. The largest absolute Gasteiger partial charge is 0.416 e. The molecule has 0 saturated heterocycles. The van der Waals surface area contributed by atoms with Gasteiger partial charge in [-0.05, 0) is 54.7 Å². The number of carbonyl (C=O) groups excluding carboxylic acids is 1. The van der Waals surface area contributed by atoms with Crippen LogP contribution < -0.4 is 4.18 Å². The standard InChI is InChI=1S/C25H30F3NO4S/c1-18(2)16-29(24(30)20-7-4-3-5-8-20)17-19-11-13-22(14-12-19)33-34(31,32)23-10-6-9-21(15-23)25(26,27)28/h6,9-15,18,20H,3-5,7-8,16-17H2,1-2H3. The zero-order chi connectivity index (χ0) is 24.9. The van der Waals surface area contributed by atoms with E-state index >= 15 is 0 Å². The zero-order valence-electron chi connectivity index (χ0n) is 19.3. The number of hydrogen-bond acceptors (Lipinski definition) is 4. The fourth-order valence-corrected chi connectivity index (χ4v) is 5.13. The summed E-state index contributed by atoms with van der Waals surface area (Å²) in [5.74, 6) is 0.483. The van der Waals surface area contributed by atoms with Gasteiger partial charge in [0.1, 0.15) is 10.6 Å². The highest BCUT2D eigenvalue weighted by molar-refractivity contribution is 7.87. The lowest BCUT2D eigenvalue weighted by molar-refractivity contribution is -0.138. The molecule has 0 aromatic heterocycles. The second-order valence-electron chi connectivity index (χ2n) is 9.15. The molecule has 1 aliphatic rings. The third kappa shape index (κ3) is 6.98. The molecule has 1 fully saturated rings. The van der Waals surface area contributed by atoms with Crippen LogP contribution in [-0.2, 0) is 27.6 Å². The van der Waals surface area contributed by atoms with Crippen LogP contribution in [0.2, 0.25) is 0 Å². The minimum atomic E-state index is -4.66. The van der Waals surface area contributed by atoms with Crippen LogP contribution in [0.5, 0.6) is 5.75 Å². The van der Waals surface area contributed by atoms with Gasteiger partial charge in [-0.15, -0.1) is 0 Å². The van der Waals surface area contributed by atoms with Crippen LogP contribution in [0.1, 0.15) is 57.1 Å². The maximum atomic E-state index is 13.1. The Bertz CT molecular complexity index is 1080. The number of hydrogen-bond donors (Lipinski definition) is 0. The minimum absolute atomic E-state index is 0.0184. The maximum Gasteiger partial charge on any atom is 0.416 e. The molecule has 0 aliphatic heterocycles. The summed E-state index contributed by atoms with van der Waals surface area (Å²) in [5.41, 5.74) is -0.256. The molecule has 9 heteroatoms. The molecular weight excluding hydrogens is 467 g/mol. The fourth-order valence-electron chi connectivity index (χ4n) is 4.15. The smallest absolute Gasteiger partial charge is 0.379 e. The van der Waals surface area contributed by atoms with Crippen LogP contribution >= 0.6 is 0 Å². The molecule has 0 heterocycles. The van der Waals surface area contributed by atoms with E-state index in [-0.39, 0.29) is 17.6 Å². The second kappa shape index (κ2) is 10.8. The summed E-state index contributed by atoms with van der Waals surface area (Å²) in [6.45, 7) is 5.12. The van der Waals surface area contributed by atoms with Crippen molar-refractivity contribution in [2.24, 2.45) is 11.8 Å². The van der Waals surface area contributed by atoms with Crippen molar-refractivity contribution < 1.29 is 30.6 Å². The van der Waals surface area contributed by atoms with Crippen LogP contribution in [0.4, 0.5) is 13.2 Å². The SMILES string of the molecule is CC(C)CN(Cc1ccc(OS(=O)(=O)c2cccc(C(F)(F)F)c2)cc1)C(=O)C1CCCCC1. The molecular formula is C25H30F3NO4S. The Morgan fingerprint density at radius 2 is 1.71 bits per heavy atom. The van der Waals surface area contributed by atoms with Crippen molar-refractivity contribution >= 4 is 16.0 Å². The van der Waals surface area contributed by atoms with Crippen LogP contribution in [0, 0.1) is 11.8 Å². The molecule has 0 unspecified atom stereocenters. The number of alkyl halides is 3. The van der Waals surface area contributed by atoms with Crippen molar-refractivity contribution in [3.8, 4) is 5.75 Å². The maximum absolute atomic E-state index is 13.1. The van der Waals surface area contributed by atoms with Crippen molar-refractivity contribution in [1.29, 1.82) is 0 Å². The molecule has 1 aliphatic carbocycles. The second-order valence-corrected chi connectivity index (χ2v) is 10.7. The van der Waals surface area contributed by atoms with Gasteiger partial charge in [0, 0.05) is 19.0 Å². The van der Waals surface area contributed by atoms with Crippen LogP contribution in [-0.4, -0.2) is 25.8 Å². The van der Waals surface area contributed by atoms with E-state index in [2.05, 4.69) is 13.8 Å². The lowest BCUT2D eigenvalue weighted by Gasteiger charge is -2.30. The van der Waals surface area contributed by atoms with Gasteiger partial charge in [-0.2, -0.15) is 21.6 Å². The van der Waals surface area contributed by atoms with Crippen molar-refractivity contribution in [3.05, 3.63) is 59.7 Å². The fraction of sp³-hybridized carbons (Fsp3) is 0.480. The van der Waals surface area contributed by atoms with E-state index in [1.54, 1.807) is 12.1 Å². The van der Waals surface area contributed by atoms with Gasteiger partial charge in [0.15, 0.2) is 0 Å². The molecule has 0 N–H and O–H groups in total. The van der Waals surface area contributed by atoms with Gasteiger partial charge in [-0.1, -0.05) is 51.3 Å². The Kier molecular flexibility index (Phi) is 8.28. The third-order valence-electron chi connectivity index (χ3n) is 5.80. The molecule has 2 aromatic rings. The number of carbonyl (C=O) groups is 1. The molecule has 0 radical (unpaired) electrons. The van der Waals surface area contributed by atoms with E-state index in [1.807, 2.05) is 4.90 Å². The van der Waals surface area contributed by atoms with Gasteiger partial charge in [0.2, 0.25) is 5.91 Å². The van der Waals surface area contributed by atoms with Gasteiger partial charge in [0.25, 0.3) is 0 Å². The number of nitrogens with zero attached hydrogens (tertiary/aromatic N) is 1. The third-order valence-corrected chi connectivity index (χ3v) is 7.05. The Balaban J connectivity index is 1.71. The van der Waals surface area contributed by atoms with E-state index < -0.39 is 26.8 Å². The molecule has 1 saturated carbocycles. The van der Waals surface area contributed by atoms with E-state index in [4.69, 9.17) is 4.18 Å². The quantitative estimate of drug-likeness (QED) is 0.417. The highest BCUT2D eigenvalue weighted by atomic mass is 32.2. The van der Waals surface area contributed by atoms with Crippen molar-refractivity contribution in [1.82, 2.24) is 4.90 Å². The van der Waals surface area contributed by atoms with Crippen molar-refractivity contribution in [3.63, 3.8) is 0 Å². The summed E-state index contributed by atoms with van der Waals surface area (Å²) in [6, 6.07) is 9.64. The monoisotopic (exact) mass is 497 g/mol. The average Bonchev–Trinajstić information content (AvgIpc) is 2.79. The summed E-state index contributed by atoms with van der Waals surface area (Å²) >= 11 is 0. The van der Waals surface area contributed by atoms with Crippen molar-refractivity contribution in [2.45, 2.75) is 63.6 Å². The summed E-state index contributed by atoms with van der Waals surface area (Å²) < 4.78 is 68.8. The van der Waals surface area contributed by atoms with E-state index in [0.717, 1.165) is 49.4 Å². The molecule has 0 spiro atoms. The summed E-state index contributed by atoms with van der Waals surface area (Å²) in [5, 5.41) is 0. The van der Waals surface area contributed by atoms with Gasteiger partial charge >= 0.3 is 16.3 Å². The summed E-state index contributed by atoms with van der Waals surface area (Å²) in [4.78, 5) is 14.4. The summed E-state index contributed by atoms with van der Waals surface area (Å²) in [7, 11) is -4.44. The Morgan fingerprint density at radius 1 is 1.06 bits per heavy atom. The molecule has 2 aromatic carbocycles. The molecule has 0 atom stereocenters. The van der Waals surface area contributed by atoms with E-state index in [9.17, 15) is 26.4 Å². The number of halogens is 3. The average molecular weight is 498 g/mol. The molecule has 34 heavy (non-hydrogen) atoms. The topological polar surface area (TPSA) is 63.7 Å². The normalized spacial score (nSPS) is 15.4. The van der Waals surface area contributed by atoms with Crippen LogP contribution in [0.15, 0.2) is 53.4 Å². The Hall–Kier alpha value is -2.55. The first-order valence-electron chi connectivity index (χ1n) is 11.4. The van der Waals surface area contributed by atoms with E-state index in [0.29, 0.717) is 25.1 Å². The zero-order valence-corrected chi connectivity index (χ0v) is 20.2. The lowest BCUT2D eigenvalue weighted by Crippen LogP contribution is -2.38. The van der Waals surface area contributed by atoms with Crippen LogP contribution in [0.3, 0.4) is 0 Å². The first-order valence-corrected chi connectivity index (χ1v) is 12.9. The Morgan fingerprint density at radius 3 is 2.29 bits per heavy atom. The lowest BCUT2D eigenvalue weighted by atomic mass is 9.88. The van der Waals surface area contributed by atoms with E-state index in [1.165, 1.54) is 18.6 Å². The van der Waals surface area contributed by atoms with Gasteiger partial charge in [-0.25, -0.2) is 0 Å². The van der Waals surface area contributed by atoms with Gasteiger partial charge in [-0.3, -0.25) is 4.79 Å². The first kappa shape index (κ1) is 26.1. The number of amides is 1. The number of benzene rings is 2. The summed E-state index contributed by atoms with van der Waals surface area (Å²) in [6.07, 6.45) is 0.459. The molecule has 3 rings (SSSR count). The molecule has 186 valence electrons. The predicted octanol–water partition coefficient (Wildman–Crippen LogP) is 6.04. The number of rotatable bonds is 8.